The Morgan fingerprint density at radius 1 is 0.938 bits per heavy atom. The number of nitrogens with one attached hydrogen (secondary N) is 1. The van der Waals surface area contributed by atoms with Crippen LogP contribution < -0.4 is 5.32 Å². The van der Waals surface area contributed by atoms with Crippen molar-refractivity contribution in [2.24, 2.45) is 0 Å². The van der Waals surface area contributed by atoms with Crippen molar-refractivity contribution in [3.8, 4) is 0 Å². The summed E-state index contributed by atoms with van der Waals surface area (Å²) in [5.41, 5.74) is 2.76. The van der Waals surface area contributed by atoms with Gasteiger partial charge in [-0.15, -0.1) is 0 Å². The lowest BCUT2D eigenvalue weighted by molar-refractivity contribution is 0.0480. The molecule has 3 aromatic rings. The predicted octanol–water partition coefficient (Wildman–Crippen LogP) is 4.68. The molecule has 0 atom stereocenters. The maximum Gasteiger partial charge on any atom is 0.344 e. The first-order valence-corrected chi connectivity index (χ1v) is 10.5. The zero-order valence-electron chi connectivity index (χ0n) is 18.9. The van der Waals surface area contributed by atoms with Gasteiger partial charge in [0.25, 0.3) is 0 Å². The standard InChI is InChI=1S/C24H27N3O5/c1-6-30-23(28)19-15(4)32-22(20(19)24(29)31-7-2)27-21-18(14(3)25-16(5)26-21)13-17-11-9-8-10-12-17/h8-12H,6-7,13H2,1-5H3,(H,25,26,27). The maximum absolute atomic E-state index is 12.7. The Labute approximate surface area is 187 Å². The van der Waals surface area contributed by atoms with Crippen LogP contribution in [0.2, 0.25) is 0 Å². The van der Waals surface area contributed by atoms with Crippen molar-refractivity contribution in [1.82, 2.24) is 9.97 Å². The van der Waals surface area contributed by atoms with Crippen LogP contribution in [0.25, 0.3) is 0 Å². The number of carbonyl (C=O) groups excluding carboxylic acids is 2. The molecule has 168 valence electrons. The van der Waals surface area contributed by atoms with Gasteiger partial charge in [-0.25, -0.2) is 19.6 Å². The average Bonchev–Trinajstić information content (AvgIpc) is 3.07. The number of hydrogen-bond donors (Lipinski definition) is 1. The molecule has 0 amide bonds. The van der Waals surface area contributed by atoms with Gasteiger partial charge in [0.1, 0.15) is 28.5 Å². The van der Waals surface area contributed by atoms with Crippen molar-refractivity contribution >= 4 is 23.6 Å². The first kappa shape index (κ1) is 23.0. The summed E-state index contributed by atoms with van der Waals surface area (Å²) in [5, 5.41) is 3.11. The second-order valence-corrected chi connectivity index (χ2v) is 7.15. The van der Waals surface area contributed by atoms with Crippen molar-refractivity contribution in [1.29, 1.82) is 0 Å². The summed E-state index contributed by atoms with van der Waals surface area (Å²) in [6, 6.07) is 9.92. The Bertz CT molecular complexity index is 1120. The van der Waals surface area contributed by atoms with E-state index in [4.69, 9.17) is 13.9 Å². The molecule has 32 heavy (non-hydrogen) atoms. The fourth-order valence-electron chi connectivity index (χ4n) is 3.44. The Morgan fingerprint density at radius 2 is 1.56 bits per heavy atom. The zero-order chi connectivity index (χ0) is 23.3. The summed E-state index contributed by atoms with van der Waals surface area (Å²) in [7, 11) is 0. The quantitative estimate of drug-likeness (QED) is 0.507. The highest BCUT2D eigenvalue weighted by Crippen LogP contribution is 2.32. The van der Waals surface area contributed by atoms with E-state index in [9.17, 15) is 9.59 Å². The fourth-order valence-corrected chi connectivity index (χ4v) is 3.44. The monoisotopic (exact) mass is 437 g/mol. The number of carbonyl (C=O) groups is 2. The number of hydrogen-bond acceptors (Lipinski definition) is 8. The predicted molar refractivity (Wildman–Crippen MR) is 119 cm³/mol. The minimum Gasteiger partial charge on any atom is -0.462 e. The van der Waals surface area contributed by atoms with E-state index in [2.05, 4.69) is 15.3 Å². The van der Waals surface area contributed by atoms with Crippen molar-refractivity contribution in [2.75, 3.05) is 18.5 Å². The Morgan fingerprint density at radius 3 is 2.19 bits per heavy atom. The molecule has 1 N–H and O–H groups in total. The molecule has 8 nitrogen and oxygen atoms in total. The number of furan rings is 1. The third kappa shape index (κ3) is 4.96. The van der Waals surface area contributed by atoms with E-state index in [0.717, 1.165) is 16.8 Å². The van der Waals surface area contributed by atoms with Crippen LogP contribution in [-0.4, -0.2) is 35.1 Å². The summed E-state index contributed by atoms with van der Waals surface area (Å²) in [4.78, 5) is 34.3. The molecule has 0 aliphatic heterocycles. The molecule has 0 aliphatic carbocycles. The van der Waals surface area contributed by atoms with Crippen LogP contribution in [0.3, 0.4) is 0 Å². The van der Waals surface area contributed by atoms with Gasteiger partial charge < -0.3 is 19.2 Å². The van der Waals surface area contributed by atoms with Gasteiger partial charge in [-0.3, -0.25) is 0 Å². The number of nitrogens with zero attached hydrogens (tertiary/aromatic N) is 2. The highest BCUT2D eigenvalue weighted by atomic mass is 16.5. The van der Waals surface area contributed by atoms with Gasteiger partial charge in [-0.2, -0.15) is 0 Å². The molecule has 0 radical (unpaired) electrons. The summed E-state index contributed by atoms with van der Waals surface area (Å²) >= 11 is 0. The SMILES string of the molecule is CCOC(=O)c1c(C)oc(Nc2nc(C)nc(C)c2Cc2ccccc2)c1C(=O)OCC. The lowest BCUT2D eigenvalue weighted by atomic mass is 10.0. The Balaban J connectivity index is 2.09. The van der Waals surface area contributed by atoms with Crippen LogP contribution >= 0.6 is 0 Å². The largest absolute Gasteiger partial charge is 0.462 e. The summed E-state index contributed by atoms with van der Waals surface area (Å²) in [6.45, 7) is 8.99. The third-order valence-electron chi connectivity index (χ3n) is 4.82. The first-order chi connectivity index (χ1) is 15.3. The lowest BCUT2D eigenvalue weighted by Crippen LogP contribution is -2.15. The molecule has 2 heterocycles. The molecular formula is C24H27N3O5. The minimum absolute atomic E-state index is 0.0117. The van der Waals surface area contributed by atoms with Crippen LogP contribution in [0.5, 0.6) is 0 Å². The van der Waals surface area contributed by atoms with E-state index < -0.39 is 11.9 Å². The zero-order valence-corrected chi connectivity index (χ0v) is 18.9. The normalized spacial score (nSPS) is 10.7. The fraction of sp³-hybridized carbons (Fsp3) is 0.333. The van der Waals surface area contributed by atoms with Gasteiger partial charge in [0, 0.05) is 17.7 Å². The molecule has 2 aromatic heterocycles. The topological polar surface area (TPSA) is 104 Å². The summed E-state index contributed by atoms with van der Waals surface area (Å²) in [6.07, 6.45) is 0.578. The number of anilines is 2. The highest BCUT2D eigenvalue weighted by Gasteiger charge is 2.31. The van der Waals surface area contributed by atoms with E-state index in [1.165, 1.54) is 0 Å². The second kappa shape index (κ2) is 10.1. The molecular weight excluding hydrogens is 410 g/mol. The minimum atomic E-state index is -0.679. The van der Waals surface area contributed by atoms with Gasteiger partial charge >= 0.3 is 11.9 Å². The van der Waals surface area contributed by atoms with Crippen LogP contribution in [0.15, 0.2) is 34.7 Å². The van der Waals surface area contributed by atoms with Gasteiger partial charge in [0.15, 0.2) is 0 Å². The average molecular weight is 437 g/mol. The molecule has 0 spiro atoms. The van der Waals surface area contributed by atoms with E-state index in [0.29, 0.717) is 18.1 Å². The molecule has 0 aliphatic rings. The number of aromatic nitrogens is 2. The molecule has 0 saturated carbocycles. The Hall–Kier alpha value is -3.68. The van der Waals surface area contributed by atoms with Crippen molar-refractivity contribution < 1.29 is 23.5 Å². The van der Waals surface area contributed by atoms with Gasteiger partial charge in [0.2, 0.25) is 5.88 Å². The lowest BCUT2D eigenvalue weighted by Gasteiger charge is -2.14. The third-order valence-corrected chi connectivity index (χ3v) is 4.82. The van der Waals surface area contributed by atoms with E-state index in [1.807, 2.05) is 37.3 Å². The van der Waals surface area contributed by atoms with Gasteiger partial charge in [0.05, 0.1) is 13.2 Å². The summed E-state index contributed by atoms with van der Waals surface area (Å²) < 4.78 is 16.1. The highest BCUT2D eigenvalue weighted by molar-refractivity contribution is 6.07. The van der Waals surface area contributed by atoms with E-state index in [1.54, 1.807) is 27.7 Å². The molecule has 8 heteroatoms. The number of rotatable bonds is 8. The van der Waals surface area contributed by atoms with Crippen LogP contribution in [0.1, 0.15) is 63.0 Å². The van der Waals surface area contributed by atoms with Crippen LogP contribution in [0.4, 0.5) is 11.7 Å². The first-order valence-electron chi connectivity index (χ1n) is 10.5. The van der Waals surface area contributed by atoms with Gasteiger partial charge in [-0.05, 0) is 40.2 Å². The molecule has 1 aromatic carbocycles. The molecule has 0 unspecified atom stereocenters. The Kier molecular flexibility index (Phi) is 7.25. The van der Waals surface area contributed by atoms with E-state index in [-0.39, 0.29) is 36.0 Å². The number of esters is 2. The maximum atomic E-state index is 12.7. The molecule has 0 fully saturated rings. The number of ether oxygens (including phenoxy) is 2. The summed E-state index contributed by atoms with van der Waals surface area (Å²) in [5.74, 6) is 0.0605. The van der Waals surface area contributed by atoms with Crippen molar-refractivity contribution in [3.63, 3.8) is 0 Å². The molecule has 0 bridgehead atoms. The number of benzene rings is 1. The molecule has 0 saturated heterocycles. The van der Waals surface area contributed by atoms with Crippen molar-refractivity contribution in [2.45, 2.75) is 41.0 Å². The van der Waals surface area contributed by atoms with Crippen LogP contribution in [-0.2, 0) is 15.9 Å². The second-order valence-electron chi connectivity index (χ2n) is 7.15. The van der Waals surface area contributed by atoms with Crippen LogP contribution in [0, 0.1) is 20.8 Å². The number of aryl methyl sites for hydroxylation is 3. The van der Waals surface area contributed by atoms with Crippen molar-refractivity contribution in [3.05, 3.63) is 69.9 Å². The smallest absolute Gasteiger partial charge is 0.344 e. The van der Waals surface area contributed by atoms with E-state index >= 15 is 0 Å². The molecule has 3 rings (SSSR count). The van der Waals surface area contributed by atoms with Gasteiger partial charge in [-0.1, -0.05) is 30.3 Å².